The Morgan fingerprint density at radius 1 is 0.875 bits per heavy atom. The van der Waals surface area contributed by atoms with E-state index in [2.05, 4.69) is 0 Å². The van der Waals surface area contributed by atoms with Gasteiger partial charge in [-0.1, -0.05) is 36.4 Å². The number of rotatable bonds is 7. The Bertz CT molecular complexity index is 1310. The van der Waals surface area contributed by atoms with Crippen molar-refractivity contribution in [3.05, 3.63) is 66.5 Å². The average Bonchev–Trinajstić information content (AvgIpc) is 3.19. The van der Waals surface area contributed by atoms with Crippen molar-refractivity contribution >= 4 is 22.8 Å². The van der Waals surface area contributed by atoms with Crippen LogP contribution in [0.3, 0.4) is 0 Å². The number of fused-ring (bicyclic) bond motifs is 1. The number of nitrogens with zero attached hydrogens (tertiary/aromatic N) is 1. The zero-order valence-electron chi connectivity index (χ0n) is 17.8. The maximum atomic E-state index is 12.5. The van der Waals surface area contributed by atoms with Crippen molar-refractivity contribution in [3.8, 4) is 39.5 Å². The summed E-state index contributed by atoms with van der Waals surface area (Å²) < 4.78 is 17.0. The number of carbonyl (C=O) groups excluding carboxylic acids is 2. The second-order valence-electron chi connectivity index (χ2n) is 7.07. The number of benzene rings is 3. The molecule has 0 aliphatic heterocycles. The van der Waals surface area contributed by atoms with Crippen molar-refractivity contribution in [3.63, 3.8) is 0 Å². The molecule has 0 atom stereocenters. The summed E-state index contributed by atoms with van der Waals surface area (Å²) in [6.45, 7) is 0. The van der Waals surface area contributed by atoms with E-state index in [1.54, 1.807) is 12.1 Å². The van der Waals surface area contributed by atoms with Crippen LogP contribution in [0.5, 0.6) is 17.2 Å². The van der Waals surface area contributed by atoms with Gasteiger partial charge in [-0.15, -0.1) is 0 Å². The maximum Gasteiger partial charge on any atom is 0.245 e. The molecule has 1 aromatic heterocycles. The predicted octanol–water partition coefficient (Wildman–Crippen LogP) is 4.62. The average molecular weight is 431 g/mol. The Hall–Kier alpha value is -4.26. The monoisotopic (exact) mass is 431 g/mol. The molecule has 0 aliphatic carbocycles. The van der Waals surface area contributed by atoms with E-state index in [0.717, 1.165) is 16.3 Å². The molecule has 0 aliphatic rings. The van der Waals surface area contributed by atoms with E-state index in [4.69, 9.17) is 14.2 Å². The molecule has 0 unspecified atom stereocenters. The molecule has 0 radical (unpaired) electrons. The van der Waals surface area contributed by atoms with E-state index in [0.29, 0.717) is 38.7 Å². The van der Waals surface area contributed by atoms with Gasteiger partial charge >= 0.3 is 0 Å². The van der Waals surface area contributed by atoms with Gasteiger partial charge in [-0.2, -0.15) is 4.73 Å². The third-order valence-electron chi connectivity index (χ3n) is 5.34. The highest BCUT2D eigenvalue weighted by molar-refractivity contribution is 6.35. The summed E-state index contributed by atoms with van der Waals surface area (Å²) in [5.74, 6) is 0.281. The number of aromatic nitrogens is 1. The predicted molar refractivity (Wildman–Crippen MR) is 120 cm³/mol. The second kappa shape index (κ2) is 8.47. The molecule has 4 aromatic rings. The van der Waals surface area contributed by atoms with Crippen molar-refractivity contribution in [2.24, 2.45) is 0 Å². The third kappa shape index (κ3) is 3.43. The molecule has 0 spiro atoms. The molecule has 4 rings (SSSR count). The van der Waals surface area contributed by atoms with Crippen molar-refractivity contribution in [1.82, 2.24) is 4.73 Å². The van der Waals surface area contributed by atoms with Crippen LogP contribution < -0.4 is 14.2 Å². The Morgan fingerprint density at radius 2 is 1.53 bits per heavy atom. The van der Waals surface area contributed by atoms with Crippen LogP contribution in [0.4, 0.5) is 0 Å². The molecule has 3 aromatic carbocycles. The molecular formula is C25H21NO6. The lowest BCUT2D eigenvalue weighted by atomic mass is 9.94. The first-order chi connectivity index (χ1) is 15.5. The van der Waals surface area contributed by atoms with Gasteiger partial charge in [-0.05, 0) is 40.1 Å². The van der Waals surface area contributed by atoms with Crippen LogP contribution in [0.1, 0.15) is 10.5 Å². The van der Waals surface area contributed by atoms with Gasteiger partial charge in [0.2, 0.25) is 11.5 Å². The lowest BCUT2D eigenvalue weighted by molar-refractivity contribution is -0.104. The van der Waals surface area contributed by atoms with Gasteiger partial charge in [0, 0.05) is 11.1 Å². The van der Waals surface area contributed by atoms with Gasteiger partial charge < -0.3 is 19.4 Å². The zero-order valence-corrected chi connectivity index (χ0v) is 17.8. The first kappa shape index (κ1) is 21.0. The third-order valence-corrected chi connectivity index (χ3v) is 5.34. The summed E-state index contributed by atoms with van der Waals surface area (Å²) in [4.78, 5) is 23.8. The molecule has 0 saturated heterocycles. The van der Waals surface area contributed by atoms with Crippen LogP contribution in [-0.2, 0) is 4.79 Å². The van der Waals surface area contributed by atoms with E-state index in [-0.39, 0.29) is 12.0 Å². The molecule has 32 heavy (non-hydrogen) atoms. The number of ketones is 1. The fraction of sp³-hybridized carbons (Fsp3) is 0.120. The minimum Gasteiger partial charge on any atom is -0.493 e. The Balaban J connectivity index is 2.04. The highest BCUT2D eigenvalue weighted by atomic mass is 16.5. The molecule has 162 valence electrons. The first-order valence-electron chi connectivity index (χ1n) is 9.76. The second-order valence-corrected chi connectivity index (χ2v) is 7.07. The standard InChI is InChI=1S/C25H21NO6/c1-30-21-11-18(12-22(31-2)25(21)32-3)23-19(13-26(29)24(23)20(28)14-27)17-9-8-15-6-4-5-7-16(15)10-17/h4-14,29H,1-3H3. The molecule has 1 N–H and O–H groups in total. The van der Waals surface area contributed by atoms with Gasteiger partial charge in [-0.3, -0.25) is 9.59 Å². The van der Waals surface area contributed by atoms with Gasteiger partial charge in [0.15, 0.2) is 17.8 Å². The minimum atomic E-state index is -0.858. The number of methoxy groups -OCH3 is 3. The summed E-state index contributed by atoms with van der Waals surface area (Å²) in [5.41, 5.74) is 2.06. The van der Waals surface area contributed by atoms with E-state index in [1.165, 1.54) is 27.5 Å². The van der Waals surface area contributed by atoms with Gasteiger partial charge in [0.05, 0.1) is 27.5 Å². The molecule has 7 heteroatoms. The van der Waals surface area contributed by atoms with Crippen LogP contribution >= 0.6 is 0 Å². The van der Waals surface area contributed by atoms with Gasteiger partial charge in [-0.25, -0.2) is 0 Å². The van der Waals surface area contributed by atoms with Crippen LogP contribution in [0.25, 0.3) is 33.0 Å². The van der Waals surface area contributed by atoms with E-state index in [9.17, 15) is 14.8 Å². The van der Waals surface area contributed by atoms with E-state index < -0.39 is 5.78 Å². The van der Waals surface area contributed by atoms with Gasteiger partial charge in [0.25, 0.3) is 0 Å². The molecule has 0 amide bonds. The number of aldehydes is 1. The fourth-order valence-electron chi connectivity index (χ4n) is 3.88. The van der Waals surface area contributed by atoms with E-state index >= 15 is 0 Å². The summed E-state index contributed by atoms with van der Waals surface area (Å²) in [7, 11) is 4.46. The highest BCUT2D eigenvalue weighted by Crippen LogP contribution is 2.45. The number of hydrogen-bond donors (Lipinski definition) is 1. The normalized spacial score (nSPS) is 10.7. The van der Waals surface area contributed by atoms with Crippen LogP contribution in [0.15, 0.2) is 60.8 Å². The minimum absolute atomic E-state index is 0.155. The van der Waals surface area contributed by atoms with Crippen molar-refractivity contribution in [1.29, 1.82) is 0 Å². The SMILES string of the molecule is COc1cc(-c2c(-c3ccc4ccccc4c3)cn(O)c2C(=O)C=O)cc(OC)c1OC. The molecule has 0 fully saturated rings. The summed E-state index contributed by atoms with van der Waals surface area (Å²) in [6.07, 6.45) is 1.59. The van der Waals surface area contributed by atoms with Crippen LogP contribution in [-0.4, -0.2) is 43.3 Å². The molecule has 1 heterocycles. The van der Waals surface area contributed by atoms with Crippen molar-refractivity contribution < 1.29 is 29.0 Å². The maximum absolute atomic E-state index is 12.5. The first-order valence-corrected chi connectivity index (χ1v) is 9.76. The van der Waals surface area contributed by atoms with Gasteiger partial charge in [0.1, 0.15) is 5.69 Å². The van der Waals surface area contributed by atoms with Crippen LogP contribution in [0.2, 0.25) is 0 Å². The van der Waals surface area contributed by atoms with E-state index in [1.807, 2.05) is 42.5 Å². The molecule has 0 bridgehead atoms. The summed E-state index contributed by atoms with van der Waals surface area (Å²) >= 11 is 0. The zero-order chi connectivity index (χ0) is 22.8. The summed E-state index contributed by atoms with van der Waals surface area (Å²) in [6, 6.07) is 17.0. The molecule has 7 nitrogen and oxygen atoms in total. The molecular weight excluding hydrogens is 410 g/mol. The smallest absolute Gasteiger partial charge is 0.245 e. The lowest BCUT2D eigenvalue weighted by Gasteiger charge is -2.15. The van der Waals surface area contributed by atoms with Crippen LogP contribution in [0, 0.1) is 0 Å². The number of carbonyl (C=O) groups is 2. The summed E-state index contributed by atoms with van der Waals surface area (Å²) in [5, 5.41) is 12.6. The molecule has 0 saturated carbocycles. The number of ether oxygens (including phenoxy) is 3. The Morgan fingerprint density at radius 3 is 2.12 bits per heavy atom. The quantitative estimate of drug-likeness (QED) is 0.199. The topological polar surface area (TPSA) is 87.0 Å². The Labute approximate surface area is 184 Å². The number of hydrogen-bond acceptors (Lipinski definition) is 6. The fourth-order valence-corrected chi connectivity index (χ4v) is 3.88. The lowest BCUT2D eigenvalue weighted by Crippen LogP contribution is -2.08. The van der Waals surface area contributed by atoms with Crippen molar-refractivity contribution in [2.75, 3.05) is 21.3 Å². The highest BCUT2D eigenvalue weighted by Gasteiger charge is 2.26. The largest absolute Gasteiger partial charge is 0.493 e. The van der Waals surface area contributed by atoms with Crippen molar-refractivity contribution in [2.45, 2.75) is 0 Å². The number of Topliss-reactive ketones (excluding diaryl/α,β-unsaturated/α-hetero) is 1. The Kier molecular flexibility index (Phi) is 5.55.